The second kappa shape index (κ2) is 4.94. The van der Waals surface area contributed by atoms with Crippen molar-refractivity contribution in [1.29, 1.82) is 0 Å². The van der Waals surface area contributed by atoms with Crippen molar-refractivity contribution in [2.24, 2.45) is 0 Å². The van der Waals surface area contributed by atoms with Gasteiger partial charge in [0.05, 0.1) is 16.9 Å². The molecule has 0 radical (unpaired) electrons. The summed E-state index contributed by atoms with van der Waals surface area (Å²) in [6.45, 7) is 4.00. The summed E-state index contributed by atoms with van der Waals surface area (Å²) < 4.78 is 13.0. The first-order chi connectivity index (χ1) is 7.20. The minimum atomic E-state index is -0.466. The predicted molar refractivity (Wildman–Crippen MR) is 62.5 cm³/mol. The van der Waals surface area contributed by atoms with Crippen LogP contribution in [0.5, 0.6) is 0 Å². The van der Waals surface area contributed by atoms with Gasteiger partial charge in [-0.3, -0.25) is 4.98 Å². The van der Waals surface area contributed by atoms with Gasteiger partial charge in [-0.1, -0.05) is 25.4 Å². The van der Waals surface area contributed by atoms with Gasteiger partial charge in [0.2, 0.25) is 0 Å². The minimum Gasteiger partial charge on any atom is -0.397 e. The first kappa shape index (κ1) is 11.7. The summed E-state index contributed by atoms with van der Waals surface area (Å²) in [5.74, 6) is -0.466. The van der Waals surface area contributed by atoms with Crippen molar-refractivity contribution >= 4 is 28.1 Å². The molecule has 0 aliphatic heterocycles. The molecule has 0 unspecified atom stereocenters. The number of aromatic nitrogens is 1. The van der Waals surface area contributed by atoms with E-state index in [4.69, 9.17) is 17.3 Å². The van der Waals surface area contributed by atoms with Gasteiger partial charge >= 0.3 is 0 Å². The first-order valence-electron chi connectivity index (χ1n) is 4.67. The Morgan fingerprint density at radius 3 is 2.60 bits per heavy atom. The van der Waals surface area contributed by atoms with Crippen molar-refractivity contribution in [3.8, 4) is 0 Å². The fraction of sp³-hybridized carbons (Fsp3) is 0.182. The number of halogens is 2. The second-order valence-electron chi connectivity index (χ2n) is 2.69. The summed E-state index contributed by atoms with van der Waals surface area (Å²) in [6.07, 6.45) is 3.05. The molecule has 1 aromatic heterocycles. The Labute approximate surface area is 92.9 Å². The number of anilines is 1. The van der Waals surface area contributed by atoms with E-state index in [1.165, 1.54) is 12.3 Å². The highest BCUT2D eigenvalue weighted by atomic mass is 35.5. The van der Waals surface area contributed by atoms with Crippen molar-refractivity contribution in [3.63, 3.8) is 0 Å². The van der Waals surface area contributed by atoms with Gasteiger partial charge in [-0.15, -0.1) is 0 Å². The van der Waals surface area contributed by atoms with Crippen LogP contribution in [0, 0.1) is 5.82 Å². The van der Waals surface area contributed by atoms with Crippen molar-refractivity contribution < 1.29 is 4.39 Å². The standard InChI is InChI=1S/C9H6ClFN2.C2H6/c10-9-6(11)2-1-5-3-13-4-7(12)8(5)9;1-2/h1-4H,12H2;1-2H3. The molecule has 0 bridgehead atoms. The van der Waals surface area contributed by atoms with E-state index >= 15 is 0 Å². The van der Waals surface area contributed by atoms with Crippen molar-refractivity contribution in [1.82, 2.24) is 4.98 Å². The van der Waals surface area contributed by atoms with Crippen LogP contribution in [-0.2, 0) is 0 Å². The van der Waals surface area contributed by atoms with Crippen molar-refractivity contribution in [2.45, 2.75) is 13.8 Å². The second-order valence-corrected chi connectivity index (χ2v) is 3.07. The lowest BCUT2D eigenvalue weighted by atomic mass is 10.1. The molecule has 0 fully saturated rings. The van der Waals surface area contributed by atoms with Crippen LogP contribution in [0.25, 0.3) is 10.8 Å². The molecule has 1 aromatic carbocycles. The quantitative estimate of drug-likeness (QED) is 0.745. The summed E-state index contributed by atoms with van der Waals surface area (Å²) in [6, 6.07) is 2.89. The average Bonchev–Trinajstić information content (AvgIpc) is 2.26. The molecule has 0 atom stereocenters. The van der Waals surface area contributed by atoms with Gasteiger partial charge in [-0.2, -0.15) is 0 Å². The topological polar surface area (TPSA) is 38.9 Å². The summed E-state index contributed by atoms with van der Waals surface area (Å²) in [5, 5.41) is 1.32. The third-order valence-electron chi connectivity index (χ3n) is 1.84. The van der Waals surface area contributed by atoms with Crippen LogP contribution in [0.15, 0.2) is 24.5 Å². The zero-order valence-electron chi connectivity index (χ0n) is 8.59. The van der Waals surface area contributed by atoms with Gasteiger partial charge in [0.1, 0.15) is 5.82 Å². The SMILES string of the molecule is CC.Nc1cncc2ccc(F)c(Cl)c12. The van der Waals surface area contributed by atoms with Gasteiger partial charge in [-0.25, -0.2) is 4.39 Å². The largest absolute Gasteiger partial charge is 0.397 e. The van der Waals surface area contributed by atoms with Gasteiger partial charge in [0.15, 0.2) is 0 Å². The molecule has 2 aromatic rings. The van der Waals surface area contributed by atoms with Crippen LogP contribution in [0.1, 0.15) is 13.8 Å². The molecule has 1 heterocycles. The lowest BCUT2D eigenvalue weighted by molar-refractivity contribution is 0.630. The van der Waals surface area contributed by atoms with Gasteiger partial charge < -0.3 is 5.73 Å². The fourth-order valence-electron chi connectivity index (χ4n) is 1.23. The number of nitrogens with two attached hydrogens (primary N) is 1. The predicted octanol–water partition coefficient (Wildman–Crippen LogP) is 3.64. The lowest BCUT2D eigenvalue weighted by Crippen LogP contribution is -1.90. The molecule has 0 aliphatic carbocycles. The molecular weight excluding hydrogens is 215 g/mol. The van der Waals surface area contributed by atoms with Gasteiger partial charge in [-0.05, 0) is 12.1 Å². The summed E-state index contributed by atoms with van der Waals surface area (Å²) in [7, 11) is 0. The molecule has 2 rings (SSSR count). The third-order valence-corrected chi connectivity index (χ3v) is 2.21. The highest BCUT2D eigenvalue weighted by Gasteiger charge is 2.07. The van der Waals surface area contributed by atoms with E-state index in [9.17, 15) is 4.39 Å². The molecule has 0 spiro atoms. The molecule has 2 nitrogen and oxygen atoms in total. The first-order valence-corrected chi connectivity index (χ1v) is 5.05. The zero-order valence-corrected chi connectivity index (χ0v) is 9.35. The lowest BCUT2D eigenvalue weighted by Gasteiger charge is -2.03. The normalized spacial score (nSPS) is 9.60. The van der Waals surface area contributed by atoms with E-state index in [0.29, 0.717) is 11.1 Å². The number of hydrogen-bond acceptors (Lipinski definition) is 2. The van der Waals surface area contributed by atoms with E-state index in [-0.39, 0.29) is 5.02 Å². The maximum absolute atomic E-state index is 13.0. The van der Waals surface area contributed by atoms with Crippen LogP contribution in [0.2, 0.25) is 5.02 Å². The van der Waals surface area contributed by atoms with Crippen LogP contribution in [0.4, 0.5) is 10.1 Å². The molecule has 4 heteroatoms. The molecule has 0 saturated carbocycles. The number of pyridine rings is 1. The Balaban J connectivity index is 0.000000531. The number of nitrogens with zero attached hydrogens (tertiary/aromatic N) is 1. The monoisotopic (exact) mass is 226 g/mol. The highest BCUT2D eigenvalue weighted by molar-refractivity contribution is 6.36. The molecule has 0 amide bonds. The van der Waals surface area contributed by atoms with Crippen LogP contribution in [0.3, 0.4) is 0 Å². The van der Waals surface area contributed by atoms with Gasteiger partial charge in [0, 0.05) is 17.0 Å². The Hall–Kier alpha value is -1.35. The molecule has 0 saturated heterocycles. The number of fused-ring (bicyclic) bond motifs is 1. The van der Waals surface area contributed by atoms with Crippen molar-refractivity contribution in [3.05, 3.63) is 35.4 Å². The highest BCUT2D eigenvalue weighted by Crippen LogP contribution is 2.29. The van der Waals surface area contributed by atoms with E-state index in [1.54, 1.807) is 12.3 Å². The number of hydrogen-bond donors (Lipinski definition) is 1. The van der Waals surface area contributed by atoms with E-state index in [0.717, 1.165) is 5.39 Å². The molecule has 0 aliphatic rings. The fourth-order valence-corrected chi connectivity index (χ4v) is 1.51. The number of rotatable bonds is 0. The number of nitrogen functional groups attached to an aromatic ring is 1. The van der Waals surface area contributed by atoms with Crippen molar-refractivity contribution in [2.75, 3.05) is 5.73 Å². The zero-order chi connectivity index (χ0) is 11.4. The molecule has 80 valence electrons. The Kier molecular flexibility index (Phi) is 3.86. The molecule has 2 N–H and O–H groups in total. The van der Waals surface area contributed by atoms with Crippen LogP contribution < -0.4 is 5.73 Å². The average molecular weight is 227 g/mol. The van der Waals surface area contributed by atoms with E-state index < -0.39 is 5.82 Å². The molecular formula is C11H12ClFN2. The summed E-state index contributed by atoms with van der Waals surface area (Å²) in [5.41, 5.74) is 6.00. The Morgan fingerprint density at radius 1 is 1.27 bits per heavy atom. The summed E-state index contributed by atoms with van der Waals surface area (Å²) >= 11 is 5.75. The molecule has 15 heavy (non-hydrogen) atoms. The summed E-state index contributed by atoms with van der Waals surface area (Å²) in [4.78, 5) is 3.88. The maximum Gasteiger partial charge on any atom is 0.142 e. The smallest absolute Gasteiger partial charge is 0.142 e. The Morgan fingerprint density at radius 2 is 1.93 bits per heavy atom. The minimum absolute atomic E-state index is 0.0531. The van der Waals surface area contributed by atoms with E-state index in [2.05, 4.69) is 4.98 Å². The van der Waals surface area contributed by atoms with E-state index in [1.807, 2.05) is 13.8 Å². The van der Waals surface area contributed by atoms with Gasteiger partial charge in [0.25, 0.3) is 0 Å². The number of benzene rings is 1. The third kappa shape index (κ3) is 2.18. The van der Waals surface area contributed by atoms with Crippen LogP contribution in [-0.4, -0.2) is 4.98 Å². The Bertz CT molecular complexity index is 471. The maximum atomic E-state index is 13.0. The van der Waals surface area contributed by atoms with Crippen LogP contribution >= 0.6 is 11.6 Å².